The van der Waals surface area contributed by atoms with Crippen LogP contribution in [0.1, 0.15) is 46.6 Å². The molecule has 0 bridgehead atoms. The molecule has 5 heteroatoms. The van der Waals surface area contributed by atoms with E-state index in [0.717, 1.165) is 41.6 Å². The van der Waals surface area contributed by atoms with Crippen molar-refractivity contribution in [1.82, 2.24) is 14.5 Å². The number of hydrogen-bond donors (Lipinski definition) is 0. The van der Waals surface area contributed by atoms with Crippen LogP contribution in [-0.4, -0.2) is 26.9 Å². The average molecular weight is 368 g/mol. The Bertz CT molecular complexity index is 922. The van der Waals surface area contributed by atoms with Gasteiger partial charge in [-0.1, -0.05) is 19.1 Å². The van der Waals surface area contributed by atoms with E-state index in [-0.39, 0.29) is 5.91 Å². The summed E-state index contributed by atoms with van der Waals surface area (Å²) in [6.07, 6.45) is 3.55. The minimum atomic E-state index is 0.120. The van der Waals surface area contributed by atoms with Crippen molar-refractivity contribution in [3.8, 4) is 0 Å². The molecule has 1 aliphatic rings. The van der Waals surface area contributed by atoms with Crippen molar-refractivity contribution >= 4 is 28.3 Å². The third-order valence-corrected chi connectivity index (χ3v) is 5.92. The molecule has 1 saturated carbocycles. The highest BCUT2D eigenvalue weighted by Gasteiger charge is 2.26. The van der Waals surface area contributed by atoms with Gasteiger partial charge in [0.1, 0.15) is 5.82 Å². The van der Waals surface area contributed by atoms with Gasteiger partial charge < -0.3 is 9.47 Å². The number of thiophene rings is 1. The molecule has 0 atom stereocenters. The Balaban J connectivity index is 1.65. The van der Waals surface area contributed by atoms with Crippen LogP contribution in [0.2, 0.25) is 0 Å². The molecule has 4 rings (SSSR count). The first-order valence-electron chi connectivity index (χ1n) is 9.45. The molecule has 0 unspecified atom stereocenters. The first-order valence-corrected chi connectivity index (χ1v) is 10.3. The van der Waals surface area contributed by atoms with Crippen LogP contribution in [-0.2, 0) is 13.1 Å². The summed E-state index contributed by atoms with van der Waals surface area (Å²) < 4.78 is 2.34. The van der Waals surface area contributed by atoms with Crippen LogP contribution in [0.15, 0.2) is 36.4 Å². The minimum absolute atomic E-state index is 0.120. The fourth-order valence-corrected chi connectivity index (χ4v) is 4.24. The van der Waals surface area contributed by atoms with Crippen LogP contribution in [0.25, 0.3) is 11.0 Å². The van der Waals surface area contributed by atoms with Crippen LogP contribution in [0, 0.1) is 12.8 Å². The quantitative estimate of drug-likeness (QED) is 0.597. The molecule has 2 aromatic heterocycles. The average Bonchev–Trinajstić information content (AvgIpc) is 3.26. The number of benzene rings is 1. The predicted molar refractivity (Wildman–Crippen MR) is 107 cm³/mol. The Morgan fingerprint density at radius 1 is 1.27 bits per heavy atom. The third-order valence-electron chi connectivity index (χ3n) is 4.94. The molecule has 26 heavy (non-hydrogen) atoms. The molecule has 136 valence electrons. The number of aryl methyl sites for hydroxylation is 1. The zero-order chi connectivity index (χ0) is 18.1. The number of aromatic nitrogens is 2. The second kappa shape index (κ2) is 7.23. The van der Waals surface area contributed by atoms with E-state index in [1.807, 2.05) is 30.0 Å². The Hall–Kier alpha value is -2.14. The number of rotatable bonds is 7. The SMILES string of the molecule is CCCN(Cc1nc2ccccc2n1CC1CC1)C(=O)c1ccc(C)s1. The second-order valence-electron chi connectivity index (χ2n) is 7.21. The Kier molecular flexibility index (Phi) is 4.81. The lowest BCUT2D eigenvalue weighted by atomic mass is 10.3. The lowest BCUT2D eigenvalue weighted by Crippen LogP contribution is -2.32. The molecule has 4 nitrogen and oxygen atoms in total. The Morgan fingerprint density at radius 2 is 2.08 bits per heavy atom. The van der Waals surface area contributed by atoms with E-state index in [2.05, 4.69) is 29.7 Å². The highest BCUT2D eigenvalue weighted by Crippen LogP contribution is 2.32. The van der Waals surface area contributed by atoms with E-state index in [9.17, 15) is 4.79 Å². The van der Waals surface area contributed by atoms with E-state index in [1.165, 1.54) is 23.2 Å². The number of carbonyl (C=O) groups excluding carboxylic acids is 1. The van der Waals surface area contributed by atoms with Crippen molar-refractivity contribution < 1.29 is 4.79 Å². The number of fused-ring (bicyclic) bond motifs is 1. The number of nitrogens with zero attached hydrogens (tertiary/aromatic N) is 3. The summed E-state index contributed by atoms with van der Waals surface area (Å²) in [5.41, 5.74) is 2.21. The van der Waals surface area contributed by atoms with Crippen LogP contribution in [0.3, 0.4) is 0 Å². The van der Waals surface area contributed by atoms with Gasteiger partial charge in [-0.3, -0.25) is 4.79 Å². The molecule has 3 aromatic rings. The lowest BCUT2D eigenvalue weighted by molar-refractivity contribution is 0.0742. The largest absolute Gasteiger partial charge is 0.330 e. The monoisotopic (exact) mass is 367 g/mol. The van der Waals surface area contributed by atoms with Crippen molar-refractivity contribution in [3.05, 3.63) is 52.0 Å². The molecule has 0 aliphatic heterocycles. The van der Waals surface area contributed by atoms with Gasteiger partial charge in [-0.05, 0) is 56.4 Å². The fourth-order valence-electron chi connectivity index (χ4n) is 3.41. The highest BCUT2D eigenvalue weighted by molar-refractivity contribution is 7.13. The maximum Gasteiger partial charge on any atom is 0.264 e. The first kappa shape index (κ1) is 17.3. The van der Waals surface area contributed by atoms with E-state index in [4.69, 9.17) is 4.98 Å². The number of hydrogen-bond acceptors (Lipinski definition) is 3. The second-order valence-corrected chi connectivity index (χ2v) is 8.50. The first-order chi connectivity index (χ1) is 12.7. The molecular weight excluding hydrogens is 342 g/mol. The lowest BCUT2D eigenvalue weighted by Gasteiger charge is -2.22. The smallest absolute Gasteiger partial charge is 0.264 e. The van der Waals surface area contributed by atoms with E-state index >= 15 is 0 Å². The molecule has 1 aliphatic carbocycles. The minimum Gasteiger partial charge on any atom is -0.330 e. The van der Waals surface area contributed by atoms with Gasteiger partial charge in [-0.2, -0.15) is 0 Å². The van der Waals surface area contributed by atoms with Gasteiger partial charge in [0.15, 0.2) is 0 Å². The third kappa shape index (κ3) is 3.54. The number of carbonyl (C=O) groups is 1. The summed E-state index contributed by atoms with van der Waals surface area (Å²) in [5, 5.41) is 0. The standard InChI is InChI=1S/C21H25N3OS/c1-3-12-23(21(25)19-11-8-15(2)26-19)14-20-22-17-6-4-5-7-18(17)24(20)13-16-9-10-16/h4-8,11,16H,3,9-10,12-14H2,1-2H3. The van der Waals surface area contributed by atoms with Gasteiger partial charge in [0.2, 0.25) is 0 Å². The number of imidazole rings is 1. The molecule has 0 N–H and O–H groups in total. The molecule has 1 aromatic carbocycles. The van der Waals surface area contributed by atoms with E-state index < -0.39 is 0 Å². The summed E-state index contributed by atoms with van der Waals surface area (Å²) >= 11 is 1.57. The summed E-state index contributed by atoms with van der Waals surface area (Å²) in [4.78, 5) is 21.8. The summed E-state index contributed by atoms with van der Waals surface area (Å²) in [6.45, 7) is 6.50. The van der Waals surface area contributed by atoms with Crippen molar-refractivity contribution in [3.63, 3.8) is 0 Å². The van der Waals surface area contributed by atoms with Crippen molar-refractivity contribution in [2.24, 2.45) is 5.92 Å². The summed E-state index contributed by atoms with van der Waals surface area (Å²) in [6, 6.07) is 12.3. The van der Waals surface area contributed by atoms with E-state index in [1.54, 1.807) is 11.3 Å². The maximum absolute atomic E-state index is 13.0. The maximum atomic E-state index is 13.0. The Morgan fingerprint density at radius 3 is 2.77 bits per heavy atom. The Labute approximate surface area is 158 Å². The van der Waals surface area contributed by atoms with Gasteiger partial charge in [-0.15, -0.1) is 11.3 Å². The fraction of sp³-hybridized carbons (Fsp3) is 0.429. The zero-order valence-corrected chi connectivity index (χ0v) is 16.3. The van der Waals surface area contributed by atoms with Gasteiger partial charge in [0.25, 0.3) is 5.91 Å². The molecule has 2 heterocycles. The number of amides is 1. The van der Waals surface area contributed by atoms with E-state index in [0.29, 0.717) is 6.54 Å². The van der Waals surface area contributed by atoms with Gasteiger partial charge in [-0.25, -0.2) is 4.98 Å². The topological polar surface area (TPSA) is 38.1 Å². The normalized spacial score (nSPS) is 14.1. The van der Waals surface area contributed by atoms with Crippen LogP contribution in [0.5, 0.6) is 0 Å². The van der Waals surface area contributed by atoms with Crippen LogP contribution >= 0.6 is 11.3 Å². The van der Waals surface area contributed by atoms with Gasteiger partial charge in [0, 0.05) is 18.0 Å². The molecule has 1 amide bonds. The molecule has 0 spiro atoms. The molecular formula is C21H25N3OS. The van der Waals surface area contributed by atoms with Crippen molar-refractivity contribution in [2.45, 2.75) is 46.2 Å². The summed E-state index contributed by atoms with van der Waals surface area (Å²) in [7, 11) is 0. The van der Waals surface area contributed by atoms with Crippen molar-refractivity contribution in [1.29, 1.82) is 0 Å². The van der Waals surface area contributed by atoms with Gasteiger partial charge >= 0.3 is 0 Å². The van der Waals surface area contributed by atoms with Crippen molar-refractivity contribution in [2.75, 3.05) is 6.54 Å². The predicted octanol–water partition coefficient (Wildman–Crippen LogP) is 4.87. The molecule has 0 saturated heterocycles. The molecule has 0 radical (unpaired) electrons. The summed E-state index contributed by atoms with van der Waals surface area (Å²) in [5.74, 6) is 1.89. The zero-order valence-electron chi connectivity index (χ0n) is 15.4. The van der Waals surface area contributed by atoms with Gasteiger partial charge in [0.05, 0.1) is 22.5 Å². The molecule has 1 fully saturated rings. The highest BCUT2D eigenvalue weighted by atomic mass is 32.1. The number of para-hydroxylation sites is 2. The van der Waals surface area contributed by atoms with Crippen LogP contribution in [0.4, 0.5) is 0 Å². The van der Waals surface area contributed by atoms with Crippen LogP contribution < -0.4 is 0 Å².